The summed E-state index contributed by atoms with van der Waals surface area (Å²) in [5.74, 6) is -0.503. The van der Waals surface area contributed by atoms with E-state index >= 15 is 0 Å². The molecule has 0 heterocycles. The fraction of sp³-hybridized carbons (Fsp3) is 0.0769. The molecule has 0 spiro atoms. The molecule has 0 aliphatic carbocycles. The molecule has 0 aromatic heterocycles. The molecule has 1 N–H and O–H groups in total. The molecule has 0 bridgehead atoms. The Morgan fingerprint density at radius 2 is 1.71 bits per heavy atom. The number of anilines is 1. The summed E-state index contributed by atoms with van der Waals surface area (Å²) in [5, 5.41) is 0. The number of nitrogens with one attached hydrogen (secondary N) is 1. The summed E-state index contributed by atoms with van der Waals surface area (Å²) in [4.78, 5) is -0.0845. The van der Waals surface area contributed by atoms with Gasteiger partial charge in [0.2, 0.25) is 0 Å². The topological polar surface area (TPSA) is 55.4 Å². The van der Waals surface area contributed by atoms with Crippen LogP contribution >= 0.6 is 31.9 Å². The van der Waals surface area contributed by atoms with Crippen LogP contribution < -0.4 is 9.46 Å². The predicted molar refractivity (Wildman–Crippen MR) is 85.6 cm³/mol. The van der Waals surface area contributed by atoms with Crippen molar-refractivity contribution in [2.45, 2.75) is 4.90 Å². The minimum atomic E-state index is -3.98. The first-order valence-corrected chi connectivity index (χ1v) is 8.72. The van der Waals surface area contributed by atoms with E-state index in [4.69, 9.17) is 4.74 Å². The van der Waals surface area contributed by atoms with Gasteiger partial charge in [0.25, 0.3) is 10.0 Å². The lowest BCUT2D eigenvalue weighted by molar-refractivity contribution is 0.402. The second-order valence-electron chi connectivity index (χ2n) is 4.02. The molecule has 0 atom stereocenters. The minimum absolute atomic E-state index is 0.0845. The molecule has 0 aliphatic heterocycles. The first kappa shape index (κ1) is 16.3. The van der Waals surface area contributed by atoms with Crippen LogP contribution in [0.3, 0.4) is 0 Å². The normalized spacial score (nSPS) is 11.2. The number of hydrogen-bond acceptors (Lipinski definition) is 3. The van der Waals surface area contributed by atoms with Crippen molar-refractivity contribution in [2.24, 2.45) is 0 Å². The molecule has 2 aromatic rings. The molecular weight excluding hydrogens is 429 g/mol. The van der Waals surface area contributed by atoms with Crippen LogP contribution in [-0.4, -0.2) is 15.5 Å². The summed E-state index contributed by atoms with van der Waals surface area (Å²) in [7, 11) is -2.62. The Hall–Kier alpha value is -1.12. The van der Waals surface area contributed by atoms with Crippen molar-refractivity contribution < 1.29 is 17.5 Å². The smallest absolute Gasteiger partial charge is 0.265 e. The third kappa shape index (κ3) is 3.75. The van der Waals surface area contributed by atoms with E-state index in [1.807, 2.05) is 0 Å². The van der Waals surface area contributed by atoms with Gasteiger partial charge in [0.05, 0.1) is 12.8 Å². The Morgan fingerprint density at radius 1 is 1.10 bits per heavy atom. The van der Waals surface area contributed by atoms with Gasteiger partial charge in [0.15, 0.2) is 0 Å². The van der Waals surface area contributed by atoms with Crippen molar-refractivity contribution >= 4 is 47.6 Å². The molecule has 8 heteroatoms. The van der Waals surface area contributed by atoms with E-state index < -0.39 is 15.8 Å². The average molecular weight is 439 g/mol. The maximum atomic E-state index is 13.7. The van der Waals surface area contributed by atoms with Crippen LogP contribution in [0, 0.1) is 5.82 Å². The zero-order valence-electron chi connectivity index (χ0n) is 10.7. The fourth-order valence-electron chi connectivity index (χ4n) is 1.64. The summed E-state index contributed by atoms with van der Waals surface area (Å²) in [6.45, 7) is 0. The van der Waals surface area contributed by atoms with Gasteiger partial charge in [0, 0.05) is 8.95 Å². The second-order valence-corrected chi connectivity index (χ2v) is 7.51. The third-order valence-electron chi connectivity index (χ3n) is 2.59. The Kier molecular flexibility index (Phi) is 4.90. The van der Waals surface area contributed by atoms with Crippen molar-refractivity contribution in [2.75, 3.05) is 11.8 Å². The van der Waals surface area contributed by atoms with Crippen LogP contribution in [0.5, 0.6) is 5.75 Å². The number of rotatable bonds is 4. The van der Waals surface area contributed by atoms with Crippen LogP contribution in [0.15, 0.2) is 50.2 Å². The summed E-state index contributed by atoms with van der Waals surface area (Å²) in [5.41, 5.74) is -0.147. The van der Waals surface area contributed by atoms with E-state index in [0.717, 1.165) is 0 Å². The number of methoxy groups -OCH3 is 1. The van der Waals surface area contributed by atoms with E-state index in [9.17, 15) is 12.8 Å². The molecule has 0 amide bonds. The average Bonchev–Trinajstić information content (AvgIpc) is 2.42. The van der Waals surface area contributed by atoms with Crippen molar-refractivity contribution in [3.63, 3.8) is 0 Å². The molecule has 2 rings (SSSR count). The largest absolute Gasteiger partial charge is 0.495 e. The van der Waals surface area contributed by atoms with Crippen LogP contribution in [0.2, 0.25) is 0 Å². The summed E-state index contributed by atoms with van der Waals surface area (Å²) in [6.07, 6.45) is 0. The molecule has 21 heavy (non-hydrogen) atoms. The van der Waals surface area contributed by atoms with Gasteiger partial charge in [-0.1, -0.05) is 31.9 Å². The highest BCUT2D eigenvalue weighted by Gasteiger charge is 2.21. The maximum Gasteiger partial charge on any atom is 0.265 e. The molecular formula is C13H10Br2FNO3S. The zero-order chi connectivity index (χ0) is 15.6. The molecule has 112 valence electrons. The van der Waals surface area contributed by atoms with E-state index in [-0.39, 0.29) is 16.3 Å². The number of benzene rings is 2. The van der Waals surface area contributed by atoms with E-state index in [0.29, 0.717) is 8.95 Å². The van der Waals surface area contributed by atoms with Crippen molar-refractivity contribution in [3.8, 4) is 5.75 Å². The maximum absolute atomic E-state index is 13.7. The van der Waals surface area contributed by atoms with Crippen LogP contribution in [0.4, 0.5) is 10.1 Å². The van der Waals surface area contributed by atoms with Crippen LogP contribution in [0.1, 0.15) is 0 Å². The van der Waals surface area contributed by atoms with E-state index in [1.54, 1.807) is 6.07 Å². The van der Waals surface area contributed by atoms with Gasteiger partial charge in [-0.15, -0.1) is 0 Å². The minimum Gasteiger partial charge on any atom is -0.495 e. The van der Waals surface area contributed by atoms with E-state index in [2.05, 4.69) is 36.6 Å². The fourth-order valence-corrected chi connectivity index (χ4v) is 3.76. The molecule has 0 unspecified atom stereocenters. The van der Waals surface area contributed by atoms with Gasteiger partial charge in [0.1, 0.15) is 16.5 Å². The van der Waals surface area contributed by atoms with Crippen LogP contribution in [-0.2, 0) is 10.0 Å². The molecule has 2 aromatic carbocycles. The lowest BCUT2D eigenvalue weighted by Gasteiger charge is -2.12. The molecule has 0 aliphatic rings. The number of halogens is 3. The van der Waals surface area contributed by atoms with Crippen LogP contribution in [0.25, 0.3) is 0 Å². The summed E-state index contributed by atoms with van der Waals surface area (Å²) < 4.78 is 46.9. The molecule has 4 nitrogen and oxygen atoms in total. The number of hydrogen-bond donors (Lipinski definition) is 1. The molecule has 0 saturated heterocycles. The first-order chi connectivity index (χ1) is 9.83. The van der Waals surface area contributed by atoms with Gasteiger partial charge in [-0.2, -0.15) is 0 Å². The highest BCUT2D eigenvalue weighted by molar-refractivity contribution is 9.10. The van der Waals surface area contributed by atoms with Crippen molar-refractivity contribution in [1.82, 2.24) is 0 Å². The Bertz CT molecular complexity index is 781. The monoisotopic (exact) mass is 437 g/mol. The third-order valence-corrected chi connectivity index (χ3v) is 4.96. The quantitative estimate of drug-likeness (QED) is 0.779. The van der Waals surface area contributed by atoms with Crippen molar-refractivity contribution in [1.29, 1.82) is 0 Å². The number of ether oxygens (including phenoxy) is 1. The Morgan fingerprint density at radius 3 is 2.38 bits per heavy atom. The zero-order valence-corrected chi connectivity index (χ0v) is 14.7. The highest BCUT2D eigenvalue weighted by atomic mass is 79.9. The van der Waals surface area contributed by atoms with E-state index in [1.165, 1.54) is 37.4 Å². The summed E-state index contributed by atoms with van der Waals surface area (Å²) >= 11 is 6.37. The molecule has 0 saturated carbocycles. The summed E-state index contributed by atoms with van der Waals surface area (Å²) in [6, 6.07) is 8.54. The van der Waals surface area contributed by atoms with Crippen molar-refractivity contribution in [3.05, 3.63) is 51.2 Å². The van der Waals surface area contributed by atoms with Gasteiger partial charge in [-0.3, -0.25) is 4.72 Å². The standard InChI is InChI=1S/C13H10Br2FNO3S/c1-20-12-5-3-9(15)7-13(12)21(18,19)17-11-6-8(14)2-4-10(11)16/h2-7,17H,1H3. The lowest BCUT2D eigenvalue weighted by atomic mass is 10.3. The second kappa shape index (κ2) is 6.33. The first-order valence-electron chi connectivity index (χ1n) is 5.65. The Labute approximate surface area is 138 Å². The SMILES string of the molecule is COc1ccc(Br)cc1S(=O)(=O)Nc1cc(Br)ccc1F. The van der Waals surface area contributed by atoms with Gasteiger partial charge < -0.3 is 4.74 Å². The van der Waals surface area contributed by atoms with Gasteiger partial charge in [-0.05, 0) is 36.4 Å². The predicted octanol–water partition coefficient (Wildman–Crippen LogP) is 4.16. The van der Waals surface area contributed by atoms with Gasteiger partial charge >= 0.3 is 0 Å². The molecule has 0 fully saturated rings. The molecule has 0 radical (unpaired) electrons. The number of sulfonamides is 1. The van der Waals surface area contributed by atoms with Gasteiger partial charge in [-0.25, -0.2) is 12.8 Å². The lowest BCUT2D eigenvalue weighted by Crippen LogP contribution is -2.15. The highest BCUT2D eigenvalue weighted by Crippen LogP contribution is 2.30. The Balaban J connectivity index is 2.48.